The van der Waals surface area contributed by atoms with Crippen molar-refractivity contribution in [2.24, 2.45) is 0 Å². The first-order chi connectivity index (χ1) is 10.1. The molecule has 0 bridgehead atoms. The molecule has 0 saturated carbocycles. The van der Waals surface area contributed by atoms with Gasteiger partial charge in [-0.1, -0.05) is 0 Å². The highest BCUT2D eigenvalue weighted by Gasteiger charge is 2.26. The third-order valence-electron chi connectivity index (χ3n) is 3.36. The fourth-order valence-corrected chi connectivity index (χ4v) is 2.48. The van der Waals surface area contributed by atoms with Crippen LogP contribution in [0.25, 0.3) is 21.9 Å². The summed E-state index contributed by atoms with van der Waals surface area (Å²) in [5.74, 6) is 0.537. The lowest BCUT2D eigenvalue weighted by molar-refractivity contribution is 0.318. The Hall–Kier alpha value is -2.76. The summed E-state index contributed by atoms with van der Waals surface area (Å²) >= 11 is 0. The van der Waals surface area contributed by atoms with Crippen LogP contribution >= 0.6 is 0 Å². The van der Waals surface area contributed by atoms with Gasteiger partial charge in [-0.3, -0.25) is 0 Å². The van der Waals surface area contributed by atoms with E-state index in [-0.39, 0.29) is 23.0 Å². The predicted octanol–water partition coefficient (Wildman–Crippen LogP) is 3.02. The number of ether oxygens (including phenoxy) is 3. The highest BCUT2D eigenvalue weighted by Crippen LogP contribution is 2.53. The molecule has 0 amide bonds. The van der Waals surface area contributed by atoms with Crippen LogP contribution in [0.15, 0.2) is 22.6 Å². The molecule has 6 heteroatoms. The standard InChI is InChI=1S/C15H14O6/c1-18-12-10-8-5-4-7(16)6-9(8)21-13(10)15(20-3)11(17)14(12)19-2/h4-6,16-17H,1-3H3. The van der Waals surface area contributed by atoms with E-state index in [0.717, 1.165) is 5.39 Å². The maximum atomic E-state index is 10.2. The van der Waals surface area contributed by atoms with Gasteiger partial charge in [0.25, 0.3) is 0 Å². The molecule has 0 aliphatic carbocycles. The van der Waals surface area contributed by atoms with Crippen LogP contribution in [0.3, 0.4) is 0 Å². The van der Waals surface area contributed by atoms with E-state index < -0.39 is 0 Å². The second-order valence-corrected chi connectivity index (χ2v) is 4.44. The van der Waals surface area contributed by atoms with Crippen molar-refractivity contribution in [3.63, 3.8) is 0 Å². The summed E-state index contributed by atoms with van der Waals surface area (Å²) in [6.07, 6.45) is 0. The Morgan fingerprint density at radius 2 is 1.57 bits per heavy atom. The Labute approximate surface area is 120 Å². The van der Waals surface area contributed by atoms with Crippen molar-refractivity contribution in [2.45, 2.75) is 0 Å². The van der Waals surface area contributed by atoms with Gasteiger partial charge in [-0.05, 0) is 12.1 Å². The first-order valence-electron chi connectivity index (χ1n) is 6.18. The molecule has 0 unspecified atom stereocenters. The van der Waals surface area contributed by atoms with Crippen molar-refractivity contribution < 1.29 is 28.8 Å². The fraction of sp³-hybridized carbons (Fsp3) is 0.200. The zero-order valence-corrected chi connectivity index (χ0v) is 11.8. The minimum atomic E-state index is -0.201. The van der Waals surface area contributed by atoms with Gasteiger partial charge in [-0.2, -0.15) is 0 Å². The van der Waals surface area contributed by atoms with Crippen LogP contribution in [0, 0.1) is 0 Å². The first-order valence-corrected chi connectivity index (χ1v) is 6.18. The van der Waals surface area contributed by atoms with Crippen LogP contribution in [-0.4, -0.2) is 31.5 Å². The van der Waals surface area contributed by atoms with Crippen molar-refractivity contribution in [3.05, 3.63) is 18.2 Å². The number of methoxy groups -OCH3 is 3. The monoisotopic (exact) mass is 290 g/mol. The van der Waals surface area contributed by atoms with Gasteiger partial charge in [-0.25, -0.2) is 0 Å². The molecule has 0 aliphatic rings. The fourth-order valence-electron chi connectivity index (χ4n) is 2.48. The summed E-state index contributed by atoms with van der Waals surface area (Å²) in [6.45, 7) is 0. The molecule has 3 rings (SSSR count). The van der Waals surface area contributed by atoms with Crippen molar-refractivity contribution in [2.75, 3.05) is 21.3 Å². The lowest BCUT2D eigenvalue weighted by Gasteiger charge is -2.13. The van der Waals surface area contributed by atoms with Gasteiger partial charge in [0.2, 0.25) is 17.2 Å². The Balaban J connectivity index is 2.58. The number of fused-ring (bicyclic) bond motifs is 3. The van der Waals surface area contributed by atoms with Crippen molar-refractivity contribution >= 4 is 21.9 Å². The molecule has 0 aliphatic heterocycles. The second kappa shape index (κ2) is 4.66. The molecule has 110 valence electrons. The van der Waals surface area contributed by atoms with Crippen LogP contribution < -0.4 is 14.2 Å². The number of phenols is 2. The number of rotatable bonds is 3. The van der Waals surface area contributed by atoms with E-state index >= 15 is 0 Å². The molecular weight excluding hydrogens is 276 g/mol. The molecule has 21 heavy (non-hydrogen) atoms. The van der Waals surface area contributed by atoms with Gasteiger partial charge in [0.15, 0.2) is 11.3 Å². The van der Waals surface area contributed by atoms with Gasteiger partial charge >= 0.3 is 0 Å². The summed E-state index contributed by atoms with van der Waals surface area (Å²) in [4.78, 5) is 0. The second-order valence-electron chi connectivity index (χ2n) is 4.44. The maximum Gasteiger partial charge on any atom is 0.208 e. The molecule has 0 atom stereocenters. The number of aromatic hydroxyl groups is 2. The van der Waals surface area contributed by atoms with Crippen LogP contribution in [0.2, 0.25) is 0 Å². The van der Waals surface area contributed by atoms with E-state index in [4.69, 9.17) is 18.6 Å². The first kappa shape index (κ1) is 13.2. The Kier molecular flexibility index (Phi) is 2.94. The molecule has 1 heterocycles. The quantitative estimate of drug-likeness (QED) is 0.771. The number of phenolic OH excluding ortho intramolecular Hbond substituents is 2. The summed E-state index contributed by atoms with van der Waals surface area (Å²) in [7, 11) is 4.32. The zero-order chi connectivity index (χ0) is 15.1. The molecule has 0 radical (unpaired) electrons. The lowest BCUT2D eigenvalue weighted by Crippen LogP contribution is -1.94. The summed E-state index contributed by atoms with van der Waals surface area (Å²) in [5.41, 5.74) is 0.780. The van der Waals surface area contributed by atoms with E-state index in [0.29, 0.717) is 22.3 Å². The Morgan fingerprint density at radius 1 is 0.905 bits per heavy atom. The predicted molar refractivity (Wildman–Crippen MR) is 76.7 cm³/mol. The van der Waals surface area contributed by atoms with Gasteiger partial charge < -0.3 is 28.8 Å². The average molecular weight is 290 g/mol. The van der Waals surface area contributed by atoms with Crippen molar-refractivity contribution in [1.29, 1.82) is 0 Å². The summed E-state index contributed by atoms with van der Waals surface area (Å²) < 4.78 is 21.5. The highest BCUT2D eigenvalue weighted by molar-refractivity contribution is 6.12. The van der Waals surface area contributed by atoms with Gasteiger partial charge in [0.05, 0.1) is 26.7 Å². The van der Waals surface area contributed by atoms with Crippen LogP contribution in [0.4, 0.5) is 0 Å². The smallest absolute Gasteiger partial charge is 0.208 e. The van der Waals surface area contributed by atoms with E-state index in [1.807, 2.05) is 0 Å². The Morgan fingerprint density at radius 3 is 2.19 bits per heavy atom. The van der Waals surface area contributed by atoms with Crippen LogP contribution in [0.1, 0.15) is 0 Å². The largest absolute Gasteiger partial charge is 0.508 e. The van der Waals surface area contributed by atoms with Crippen molar-refractivity contribution in [1.82, 2.24) is 0 Å². The Bertz CT molecular complexity index is 833. The van der Waals surface area contributed by atoms with E-state index in [2.05, 4.69) is 0 Å². The number of furan rings is 1. The normalized spacial score (nSPS) is 11.0. The maximum absolute atomic E-state index is 10.2. The third kappa shape index (κ3) is 1.72. The number of hydrogen-bond acceptors (Lipinski definition) is 6. The van der Waals surface area contributed by atoms with Gasteiger partial charge in [0.1, 0.15) is 11.3 Å². The molecular formula is C15H14O6. The molecule has 1 aromatic heterocycles. The lowest BCUT2D eigenvalue weighted by atomic mass is 10.1. The van der Waals surface area contributed by atoms with Crippen molar-refractivity contribution in [3.8, 4) is 28.7 Å². The number of benzene rings is 2. The SMILES string of the molecule is COc1c(O)c(OC)c2oc3cc(O)ccc3c2c1OC. The number of hydrogen-bond donors (Lipinski definition) is 2. The van der Waals surface area contributed by atoms with Gasteiger partial charge in [0, 0.05) is 11.5 Å². The average Bonchev–Trinajstić information content (AvgIpc) is 2.83. The molecule has 0 fully saturated rings. The van der Waals surface area contributed by atoms with Crippen LogP contribution in [-0.2, 0) is 0 Å². The minimum absolute atomic E-state index is 0.0793. The highest BCUT2D eigenvalue weighted by atomic mass is 16.5. The molecule has 0 spiro atoms. The molecule has 2 N–H and O–H groups in total. The zero-order valence-electron chi connectivity index (χ0n) is 11.8. The summed E-state index contributed by atoms with van der Waals surface area (Å²) in [6, 6.07) is 4.73. The van der Waals surface area contributed by atoms with Gasteiger partial charge in [-0.15, -0.1) is 0 Å². The molecule has 3 aromatic rings. The third-order valence-corrected chi connectivity index (χ3v) is 3.36. The van der Waals surface area contributed by atoms with E-state index in [1.165, 1.54) is 27.4 Å². The van der Waals surface area contributed by atoms with E-state index in [9.17, 15) is 10.2 Å². The van der Waals surface area contributed by atoms with Crippen LogP contribution in [0.5, 0.6) is 28.7 Å². The topological polar surface area (TPSA) is 81.3 Å². The molecule has 2 aromatic carbocycles. The summed E-state index contributed by atoms with van der Waals surface area (Å²) in [5, 5.41) is 21.1. The molecule has 0 saturated heterocycles. The minimum Gasteiger partial charge on any atom is -0.508 e. The van der Waals surface area contributed by atoms with E-state index in [1.54, 1.807) is 12.1 Å². The molecule has 6 nitrogen and oxygen atoms in total.